The van der Waals surface area contributed by atoms with Crippen molar-refractivity contribution in [1.29, 1.82) is 0 Å². The smallest absolute Gasteiger partial charge is 0.293 e. The number of aromatic nitrogens is 1. The van der Waals surface area contributed by atoms with E-state index in [0.29, 0.717) is 5.69 Å². The summed E-state index contributed by atoms with van der Waals surface area (Å²) < 4.78 is 1.11. The molecule has 1 aromatic heterocycles. The molecule has 4 aromatic rings. The lowest BCUT2D eigenvalue weighted by Gasteiger charge is -2.18. The number of rotatable bonds is 5. The van der Waals surface area contributed by atoms with Crippen LogP contribution in [0.1, 0.15) is 28.8 Å². The van der Waals surface area contributed by atoms with Gasteiger partial charge in [0, 0.05) is 36.0 Å². The fourth-order valence-corrected chi connectivity index (χ4v) is 5.61. The standard InChI is InChI=1S/C26H23N5O3S2/c1-16-18(25-27-20-8-2-3-10-23(20)36-25)7-6-9-19(16)28-26(35)29-24(32)17-11-12-21(22(15-17)31(33)34)30-13-4-5-14-30/h2-3,6-12,15H,4-5,13-14H2,1H3,(H2,28,29,32,35). The van der Waals surface area contributed by atoms with Gasteiger partial charge in [-0.1, -0.05) is 24.3 Å². The average Bonchev–Trinajstić information content (AvgIpc) is 3.55. The Bertz CT molecular complexity index is 1460. The van der Waals surface area contributed by atoms with Gasteiger partial charge in [0.25, 0.3) is 11.6 Å². The molecule has 1 aliphatic rings. The second kappa shape index (κ2) is 10.00. The van der Waals surface area contributed by atoms with Crippen LogP contribution in [0.4, 0.5) is 17.1 Å². The summed E-state index contributed by atoms with van der Waals surface area (Å²) in [6, 6.07) is 18.3. The summed E-state index contributed by atoms with van der Waals surface area (Å²) in [6.07, 6.45) is 2.00. The minimum absolute atomic E-state index is 0.0807. The molecule has 0 unspecified atom stereocenters. The molecule has 36 heavy (non-hydrogen) atoms. The lowest BCUT2D eigenvalue weighted by Crippen LogP contribution is -2.34. The lowest BCUT2D eigenvalue weighted by molar-refractivity contribution is -0.384. The van der Waals surface area contributed by atoms with Gasteiger partial charge in [-0.05, 0) is 67.9 Å². The number of fused-ring (bicyclic) bond motifs is 1. The molecule has 0 bridgehead atoms. The molecule has 1 aliphatic heterocycles. The molecule has 0 radical (unpaired) electrons. The third kappa shape index (κ3) is 4.77. The highest BCUT2D eigenvalue weighted by Gasteiger charge is 2.24. The SMILES string of the molecule is Cc1c(NC(=S)NC(=O)c2ccc(N3CCCC3)c([N+](=O)[O-])c2)cccc1-c1nc2ccccc2s1. The Kier molecular flexibility index (Phi) is 6.62. The number of nitro groups is 1. The second-order valence-corrected chi connectivity index (χ2v) is 9.97. The molecule has 5 rings (SSSR count). The summed E-state index contributed by atoms with van der Waals surface area (Å²) in [5.74, 6) is -0.511. The van der Waals surface area contributed by atoms with E-state index in [9.17, 15) is 14.9 Å². The molecule has 182 valence electrons. The van der Waals surface area contributed by atoms with Crippen LogP contribution in [0.2, 0.25) is 0 Å². The van der Waals surface area contributed by atoms with Crippen LogP contribution in [-0.4, -0.2) is 34.0 Å². The number of hydrogen-bond acceptors (Lipinski definition) is 7. The first-order chi connectivity index (χ1) is 17.4. The largest absolute Gasteiger partial charge is 0.366 e. The van der Waals surface area contributed by atoms with E-state index in [2.05, 4.69) is 10.6 Å². The molecular weight excluding hydrogens is 494 g/mol. The summed E-state index contributed by atoms with van der Waals surface area (Å²) in [6.45, 7) is 3.51. The normalized spacial score (nSPS) is 13.1. The summed E-state index contributed by atoms with van der Waals surface area (Å²) >= 11 is 7.00. The Morgan fingerprint density at radius 2 is 1.89 bits per heavy atom. The van der Waals surface area contributed by atoms with Gasteiger partial charge in [-0.3, -0.25) is 20.2 Å². The van der Waals surface area contributed by atoms with Crippen LogP contribution >= 0.6 is 23.6 Å². The molecule has 2 heterocycles. The van der Waals surface area contributed by atoms with Gasteiger partial charge in [-0.25, -0.2) is 4.98 Å². The van der Waals surface area contributed by atoms with E-state index >= 15 is 0 Å². The maximum absolute atomic E-state index is 12.8. The molecule has 1 saturated heterocycles. The van der Waals surface area contributed by atoms with Gasteiger partial charge in [0.2, 0.25) is 0 Å². The topological polar surface area (TPSA) is 100 Å². The number of carbonyl (C=O) groups is 1. The summed E-state index contributed by atoms with van der Waals surface area (Å²) in [7, 11) is 0. The van der Waals surface area contributed by atoms with Gasteiger partial charge < -0.3 is 10.2 Å². The molecule has 0 spiro atoms. The van der Waals surface area contributed by atoms with Crippen molar-refractivity contribution in [3.05, 3.63) is 81.9 Å². The third-order valence-electron chi connectivity index (χ3n) is 6.21. The summed E-state index contributed by atoms with van der Waals surface area (Å²) in [5, 5.41) is 18.4. The number of thiazole rings is 1. The number of benzene rings is 3. The van der Waals surface area contributed by atoms with E-state index in [-0.39, 0.29) is 16.4 Å². The number of nitro benzene ring substituents is 1. The van der Waals surface area contributed by atoms with E-state index in [1.807, 2.05) is 54.3 Å². The molecule has 2 N–H and O–H groups in total. The molecule has 1 amide bonds. The predicted octanol–water partition coefficient (Wildman–Crippen LogP) is 5.91. The minimum Gasteiger partial charge on any atom is -0.366 e. The maximum Gasteiger partial charge on any atom is 0.293 e. The molecule has 0 saturated carbocycles. The zero-order chi connectivity index (χ0) is 25.2. The van der Waals surface area contributed by atoms with Crippen molar-refractivity contribution in [1.82, 2.24) is 10.3 Å². The van der Waals surface area contributed by atoms with E-state index in [1.54, 1.807) is 23.5 Å². The third-order valence-corrected chi connectivity index (χ3v) is 7.49. The Balaban J connectivity index is 1.32. The average molecular weight is 518 g/mol. The van der Waals surface area contributed by atoms with Crippen molar-refractivity contribution in [2.75, 3.05) is 23.3 Å². The molecule has 0 aliphatic carbocycles. The number of para-hydroxylation sites is 1. The number of nitrogens with zero attached hydrogens (tertiary/aromatic N) is 3. The highest BCUT2D eigenvalue weighted by atomic mass is 32.1. The lowest BCUT2D eigenvalue weighted by atomic mass is 10.1. The zero-order valence-electron chi connectivity index (χ0n) is 19.5. The Hall–Kier alpha value is -3.89. The van der Waals surface area contributed by atoms with Crippen LogP contribution in [0.5, 0.6) is 0 Å². The van der Waals surface area contributed by atoms with Gasteiger partial charge in [0.15, 0.2) is 5.11 Å². The monoisotopic (exact) mass is 517 g/mol. The summed E-state index contributed by atoms with van der Waals surface area (Å²) in [4.78, 5) is 30.8. The highest BCUT2D eigenvalue weighted by Crippen LogP contribution is 2.35. The van der Waals surface area contributed by atoms with Crippen LogP contribution in [0.3, 0.4) is 0 Å². The Morgan fingerprint density at radius 3 is 2.64 bits per heavy atom. The molecule has 10 heteroatoms. The second-order valence-electron chi connectivity index (χ2n) is 8.53. The predicted molar refractivity (Wildman–Crippen MR) is 148 cm³/mol. The maximum atomic E-state index is 12.8. The number of carbonyl (C=O) groups excluding carboxylic acids is 1. The molecule has 8 nitrogen and oxygen atoms in total. The molecule has 0 atom stereocenters. The van der Waals surface area contributed by atoms with Gasteiger partial charge >= 0.3 is 0 Å². The first kappa shape index (κ1) is 23.8. The Labute approximate surface area is 217 Å². The quantitative estimate of drug-likeness (QED) is 0.193. The van der Waals surface area contributed by atoms with Crippen LogP contribution in [0.15, 0.2) is 60.7 Å². The van der Waals surface area contributed by atoms with Crippen molar-refractivity contribution in [3.63, 3.8) is 0 Å². The fraction of sp³-hybridized carbons (Fsp3) is 0.192. The van der Waals surface area contributed by atoms with E-state index in [0.717, 1.165) is 58.0 Å². The van der Waals surface area contributed by atoms with Crippen molar-refractivity contribution >= 4 is 61.9 Å². The number of hydrogen-bond donors (Lipinski definition) is 2. The molecule has 3 aromatic carbocycles. The van der Waals surface area contributed by atoms with Gasteiger partial charge in [-0.2, -0.15) is 0 Å². The van der Waals surface area contributed by atoms with Crippen molar-refractivity contribution in [3.8, 4) is 10.6 Å². The number of anilines is 2. The minimum atomic E-state index is -0.511. The van der Waals surface area contributed by atoms with Gasteiger partial charge in [-0.15, -0.1) is 11.3 Å². The van der Waals surface area contributed by atoms with Gasteiger partial charge in [0.1, 0.15) is 10.7 Å². The van der Waals surface area contributed by atoms with E-state index in [1.165, 1.54) is 6.07 Å². The van der Waals surface area contributed by atoms with Crippen molar-refractivity contribution in [2.45, 2.75) is 19.8 Å². The number of nitrogens with one attached hydrogen (secondary N) is 2. The van der Waals surface area contributed by atoms with Crippen LogP contribution < -0.4 is 15.5 Å². The zero-order valence-corrected chi connectivity index (χ0v) is 21.1. The van der Waals surface area contributed by atoms with Crippen LogP contribution in [-0.2, 0) is 0 Å². The van der Waals surface area contributed by atoms with E-state index in [4.69, 9.17) is 17.2 Å². The first-order valence-electron chi connectivity index (χ1n) is 11.5. The Morgan fingerprint density at radius 1 is 1.11 bits per heavy atom. The van der Waals surface area contributed by atoms with E-state index < -0.39 is 10.8 Å². The van der Waals surface area contributed by atoms with Crippen molar-refractivity contribution in [2.24, 2.45) is 0 Å². The first-order valence-corrected chi connectivity index (χ1v) is 12.7. The van der Waals surface area contributed by atoms with Gasteiger partial charge in [0.05, 0.1) is 15.1 Å². The van der Waals surface area contributed by atoms with Crippen LogP contribution in [0.25, 0.3) is 20.8 Å². The molecule has 1 fully saturated rings. The van der Waals surface area contributed by atoms with Crippen molar-refractivity contribution < 1.29 is 9.72 Å². The highest BCUT2D eigenvalue weighted by molar-refractivity contribution is 7.80. The van der Waals surface area contributed by atoms with Crippen LogP contribution in [0, 0.1) is 17.0 Å². The molecular formula is C26H23N5O3S2. The summed E-state index contributed by atoms with van der Waals surface area (Å²) in [5.41, 5.74) is 4.24. The fourth-order valence-electron chi connectivity index (χ4n) is 4.36. The number of thiocarbonyl (C=S) groups is 1. The number of amides is 1.